The molecule has 3 aliphatic rings. The topological polar surface area (TPSA) is 15.6 Å². The molecule has 2 unspecified atom stereocenters. The largest absolute Gasteiger partial charge is 0.327 e. The zero-order chi connectivity index (χ0) is 22.2. The van der Waals surface area contributed by atoms with Crippen LogP contribution in [0.15, 0.2) is 82.0 Å². The van der Waals surface area contributed by atoms with Crippen molar-refractivity contribution in [3.05, 3.63) is 82.6 Å². The molecular formula is C29H38N2. The maximum atomic E-state index is 5.11. The van der Waals surface area contributed by atoms with E-state index in [1.807, 2.05) is 0 Å². The Hall–Kier alpha value is -2.35. The van der Waals surface area contributed by atoms with E-state index in [1.54, 1.807) is 5.57 Å². The van der Waals surface area contributed by atoms with Crippen molar-refractivity contribution in [3.8, 4) is 0 Å². The summed E-state index contributed by atoms with van der Waals surface area (Å²) in [5.74, 6) is 2.15. The van der Waals surface area contributed by atoms with Gasteiger partial charge >= 0.3 is 0 Å². The van der Waals surface area contributed by atoms with Crippen LogP contribution in [0.3, 0.4) is 0 Å². The van der Waals surface area contributed by atoms with Crippen molar-refractivity contribution < 1.29 is 0 Å². The van der Waals surface area contributed by atoms with Gasteiger partial charge in [-0.1, -0.05) is 89.3 Å². The van der Waals surface area contributed by atoms with Crippen LogP contribution in [0.5, 0.6) is 0 Å². The fraction of sp³-hybridized carbons (Fsp3) is 0.483. The monoisotopic (exact) mass is 414 g/mol. The van der Waals surface area contributed by atoms with Gasteiger partial charge in [-0.2, -0.15) is 0 Å². The third-order valence-corrected chi connectivity index (χ3v) is 7.37. The quantitative estimate of drug-likeness (QED) is 0.493. The lowest BCUT2D eigenvalue weighted by atomic mass is 9.64. The lowest BCUT2D eigenvalue weighted by Crippen LogP contribution is -2.43. The summed E-state index contributed by atoms with van der Waals surface area (Å²) in [6, 6.07) is 11.1. The lowest BCUT2D eigenvalue weighted by Gasteiger charge is -2.46. The summed E-state index contributed by atoms with van der Waals surface area (Å²) in [6.07, 6.45) is 12.8. The number of hydrogen-bond donors (Lipinski definition) is 0. The molecule has 1 heterocycles. The molecule has 0 saturated carbocycles. The maximum Gasteiger partial charge on any atom is 0.135 e. The van der Waals surface area contributed by atoms with Crippen molar-refractivity contribution in [2.75, 3.05) is 6.54 Å². The average Bonchev–Trinajstić information content (AvgIpc) is 3.15. The van der Waals surface area contributed by atoms with Gasteiger partial charge in [0.2, 0.25) is 0 Å². The Morgan fingerprint density at radius 3 is 2.42 bits per heavy atom. The molecule has 2 aliphatic carbocycles. The van der Waals surface area contributed by atoms with Crippen LogP contribution in [-0.4, -0.2) is 23.3 Å². The van der Waals surface area contributed by atoms with Crippen LogP contribution in [0.2, 0.25) is 0 Å². The number of rotatable bonds is 5. The summed E-state index contributed by atoms with van der Waals surface area (Å²) < 4.78 is 0. The lowest BCUT2D eigenvalue weighted by molar-refractivity contribution is 0.215. The minimum Gasteiger partial charge on any atom is -0.327 e. The molecule has 0 amide bonds. The summed E-state index contributed by atoms with van der Waals surface area (Å²) in [5, 5.41) is 0. The van der Waals surface area contributed by atoms with E-state index in [4.69, 9.17) is 4.99 Å². The smallest absolute Gasteiger partial charge is 0.135 e. The molecule has 4 rings (SSSR count). The Morgan fingerprint density at radius 2 is 1.81 bits per heavy atom. The molecule has 2 heteroatoms. The summed E-state index contributed by atoms with van der Waals surface area (Å²) in [6.45, 7) is 15.2. The molecule has 0 radical (unpaired) electrons. The first-order chi connectivity index (χ1) is 14.8. The van der Waals surface area contributed by atoms with Gasteiger partial charge in [-0.25, -0.2) is 0 Å². The predicted molar refractivity (Wildman–Crippen MR) is 133 cm³/mol. The summed E-state index contributed by atoms with van der Waals surface area (Å²) in [7, 11) is 0. The van der Waals surface area contributed by atoms with Crippen LogP contribution in [0.4, 0.5) is 0 Å². The van der Waals surface area contributed by atoms with E-state index in [2.05, 4.69) is 101 Å². The second-order valence-corrected chi connectivity index (χ2v) is 10.3. The molecule has 2 nitrogen and oxygen atoms in total. The van der Waals surface area contributed by atoms with Gasteiger partial charge in [0.15, 0.2) is 0 Å². The summed E-state index contributed by atoms with van der Waals surface area (Å²) in [5.41, 5.74) is 7.36. The Balaban J connectivity index is 1.89. The molecule has 0 N–H and O–H groups in total. The van der Waals surface area contributed by atoms with Crippen molar-refractivity contribution in [1.82, 2.24) is 4.90 Å². The van der Waals surface area contributed by atoms with E-state index >= 15 is 0 Å². The highest BCUT2D eigenvalue weighted by molar-refractivity contribution is 6.01. The molecule has 31 heavy (non-hydrogen) atoms. The van der Waals surface area contributed by atoms with Crippen molar-refractivity contribution in [2.24, 2.45) is 22.2 Å². The zero-order valence-corrected chi connectivity index (χ0v) is 20.2. The third kappa shape index (κ3) is 4.10. The van der Waals surface area contributed by atoms with Gasteiger partial charge in [0.05, 0.1) is 6.04 Å². The Morgan fingerprint density at radius 1 is 1.06 bits per heavy atom. The minimum absolute atomic E-state index is 0.0747. The van der Waals surface area contributed by atoms with Gasteiger partial charge in [0, 0.05) is 23.2 Å². The van der Waals surface area contributed by atoms with Crippen LogP contribution in [0.25, 0.3) is 0 Å². The molecule has 1 aliphatic heterocycles. The fourth-order valence-corrected chi connectivity index (χ4v) is 5.26. The highest BCUT2D eigenvalue weighted by atomic mass is 15.3. The predicted octanol–water partition coefficient (Wildman–Crippen LogP) is 7.32. The molecule has 1 aromatic rings. The number of hydrogen-bond acceptors (Lipinski definition) is 2. The van der Waals surface area contributed by atoms with E-state index in [-0.39, 0.29) is 5.41 Å². The molecule has 0 bridgehead atoms. The molecule has 164 valence electrons. The molecule has 2 atom stereocenters. The number of aliphatic imine (C=N–C) groups is 1. The SMILES string of the molecule is CC1CN(C2=C(C(C)C)C=C(C3=CC=CCC3)CC2(C)C(C)C)C(c2ccccc2)=N1. The van der Waals surface area contributed by atoms with E-state index in [0.717, 1.165) is 31.6 Å². The first-order valence-corrected chi connectivity index (χ1v) is 12.0. The van der Waals surface area contributed by atoms with E-state index < -0.39 is 0 Å². The van der Waals surface area contributed by atoms with Crippen molar-refractivity contribution >= 4 is 5.84 Å². The first kappa shape index (κ1) is 21.9. The average molecular weight is 415 g/mol. The second kappa shape index (κ2) is 8.65. The second-order valence-electron chi connectivity index (χ2n) is 10.3. The number of amidine groups is 1. The zero-order valence-electron chi connectivity index (χ0n) is 20.2. The molecular weight excluding hydrogens is 376 g/mol. The highest BCUT2D eigenvalue weighted by Gasteiger charge is 2.44. The number of allylic oxidation sites excluding steroid dienone is 8. The summed E-state index contributed by atoms with van der Waals surface area (Å²) in [4.78, 5) is 7.68. The first-order valence-electron chi connectivity index (χ1n) is 12.0. The van der Waals surface area contributed by atoms with E-state index in [1.165, 1.54) is 22.4 Å². The Labute approximate surface area is 189 Å². The van der Waals surface area contributed by atoms with Crippen LogP contribution >= 0.6 is 0 Å². The third-order valence-electron chi connectivity index (χ3n) is 7.37. The van der Waals surface area contributed by atoms with E-state index in [0.29, 0.717) is 17.9 Å². The number of benzene rings is 1. The summed E-state index contributed by atoms with van der Waals surface area (Å²) >= 11 is 0. The van der Waals surface area contributed by atoms with Crippen molar-refractivity contribution in [2.45, 2.75) is 66.8 Å². The fourth-order valence-electron chi connectivity index (χ4n) is 5.26. The van der Waals surface area contributed by atoms with Crippen LogP contribution in [-0.2, 0) is 0 Å². The Bertz CT molecular complexity index is 971. The standard InChI is InChI=1S/C29H38N2/c1-20(2)26-17-25(23-13-9-7-10-14-23)18-29(6,21(3)4)27(26)31-19-22(5)30-28(31)24-15-11-8-12-16-24/h7-9,11-13,15-17,20-22H,10,14,18-19H2,1-6H3. The Kier molecular flexibility index (Phi) is 6.10. The molecule has 0 aromatic heterocycles. The van der Waals surface area contributed by atoms with Gasteiger partial charge in [-0.15, -0.1) is 0 Å². The molecule has 0 spiro atoms. The van der Waals surface area contributed by atoms with Crippen LogP contribution < -0.4 is 0 Å². The van der Waals surface area contributed by atoms with Crippen molar-refractivity contribution in [1.29, 1.82) is 0 Å². The van der Waals surface area contributed by atoms with Gasteiger partial charge < -0.3 is 4.90 Å². The maximum absolute atomic E-state index is 5.11. The normalized spacial score (nSPS) is 26.5. The van der Waals surface area contributed by atoms with Crippen LogP contribution in [0, 0.1) is 17.3 Å². The molecule has 1 aromatic carbocycles. The van der Waals surface area contributed by atoms with Gasteiger partial charge in [-0.05, 0) is 54.7 Å². The van der Waals surface area contributed by atoms with Crippen molar-refractivity contribution in [3.63, 3.8) is 0 Å². The van der Waals surface area contributed by atoms with Crippen LogP contribution in [0.1, 0.15) is 66.4 Å². The minimum atomic E-state index is 0.0747. The highest BCUT2D eigenvalue weighted by Crippen LogP contribution is 2.51. The molecule has 0 saturated heterocycles. The van der Waals surface area contributed by atoms with Gasteiger partial charge in [0.25, 0.3) is 0 Å². The van der Waals surface area contributed by atoms with Gasteiger partial charge in [0.1, 0.15) is 5.84 Å². The van der Waals surface area contributed by atoms with Gasteiger partial charge in [-0.3, -0.25) is 4.99 Å². The molecule has 0 fully saturated rings. The number of nitrogens with zero attached hydrogens (tertiary/aromatic N) is 2. The van der Waals surface area contributed by atoms with E-state index in [9.17, 15) is 0 Å².